The van der Waals surface area contributed by atoms with Crippen LogP contribution in [-0.4, -0.2) is 32.5 Å². The molecule has 5 rings (SSSR count). The van der Waals surface area contributed by atoms with Gasteiger partial charge in [0.15, 0.2) is 23.0 Å². The van der Waals surface area contributed by atoms with Crippen LogP contribution in [0.2, 0.25) is 0 Å². The van der Waals surface area contributed by atoms with Crippen molar-refractivity contribution in [2.24, 2.45) is 0 Å². The summed E-state index contributed by atoms with van der Waals surface area (Å²) in [6.45, 7) is 3.52. The van der Waals surface area contributed by atoms with Gasteiger partial charge in [-0.25, -0.2) is 0 Å². The molecule has 2 aromatic carbocycles. The molecule has 0 saturated heterocycles. The summed E-state index contributed by atoms with van der Waals surface area (Å²) in [6, 6.07) is 8.70. The Bertz CT molecular complexity index is 966. The molecular formula is C23H25NO4. The third-order valence-corrected chi connectivity index (χ3v) is 5.99. The van der Waals surface area contributed by atoms with Gasteiger partial charge in [-0.1, -0.05) is 19.4 Å². The Kier molecular flexibility index (Phi) is 4.11. The molecule has 0 N–H and O–H groups in total. The fourth-order valence-corrected chi connectivity index (χ4v) is 4.74. The molecule has 0 bridgehead atoms. The third-order valence-electron chi connectivity index (χ3n) is 5.99. The van der Waals surface area contributed by atoms with Crippen molar-refractivity contribution in [1.29, 1.82) is 0 Å². The van der Waals surface area contributed by atoms with Gasteiger partial charge in [0.25, 0.3) is 0 Å². The monoisotopic (exact) mass is 379 g/mol. The predicted octanol–water partition coefficient (Wildman–Crippen LogP) is 4.64. The molecule has 0 aliphatic carbocycles. The molecule has 146 valence electrons. The molecule has 5 nitrogen and oxygen atoms in total. The highest BCUT2D eigenvalue weighted by Crippen LogP contribution is 2.50. The van der Waals surface area contributed by atoms with Gasteiger partial charge in [0.05, 0.1) is 20.3 Å². The lowest BCUT2D eigenvalue weighted by atomic mass is 9.84. The summed E-state index contributed by atoms with van der Waals surface area (Å²) in [6.07, 6.45) is 5.44. The second-order valence-corrected chi connectivity index (χ2v) is 7.44. The number of methoxy groups -OCH3 is 2. The minimum Gasteiger partial charge on any atom is -0.493 e. The van der Waals surface area contributed by atoms with Gasteiger partial charge in [-0.15, -0.1) is 0 Å². The highest BCUT2D eigenvalue weighted by Gasteiger charge is 2.36. The van der Waals surface area contributed by atoms with Crippen molar-refractivity contribution in [1.82, 2.24) is 4.90 Å². The van der Waals surface area contributed by atoms with Crippen molar-refractivity contribution in [3.05, 3.63) is 46.5 Å². The second-order valence-electron chi connectivity index (χ2n) is 7.44. The van der Waals surface area contributed by atoms with Crippen LogP contribution in [0.15, 0.2) is 24.3 Å². The first kappa shape index (κ1) is 17.3. The first-order valence-corrected chi connectivity index (χ1v) is 9.91. The van der Waals surface area contributed by atoms with E-state index in [2.05, 4.69) is 36.1 Å². The van der Waals surface area contributed by atoms with Crippen LogP contribution >= 0.6 is 0 Å². The van der Waals surface area contributed by atoms with Crippen LogP contribution in [0.5, 0.6) is 23.0 Å². The van der Waals surface area contributed by atoms with Gasteiger partial charge in [0, 0.05) is 23.4 Å². The van der Waals surface area contributed by atoms with Crippen molar-refractivity contribution < 1.29 is 18.9 Å². The summed E-state index contributed by atoms with van der Waals surface area (Å²) in [4.78, 5) is 2.53. The summed E-state index contributed by atoms with van der Waals surface area (Å²) in [7, 11) is 3.43. The minimum atomic E-state index is 0.267. The number of fused-ring (bicyclic) bond motifs is 5. The molecule has 0 spiro atoms. The number of nitrogens with zero attached hydrogens (tertiary/aromatic N) is 1. The fourth-order valence-electron chi connectivity index (χ4n) is 4.74. The number of hydrogen-bond acceptors (Lipinski definition) is 5. The van der Waals surface area contributed by atoms with E-state index in [0.29, 0.717) is 6.79 Å². The Hall–Kier alpha value is -2.82. The molecular weight excluding hydrogens is 354 g/mol. The fraction of sp³-hybridized carbons (Fsp3) is 0.391. The van der Waals surface area contributed by atoms with Crippen LogP contribution in [0.3, 0.4) is 0 Å². The molecule has 0 amide bonds. The van der Waals surface area contributed by atoms with E-state index in [1.54, 1.807) is 14.2 Å². The van der Waals surface area contributed by atoms with E-state index in [4.69, 9.17) is 18.9 Å². The van der Waals surface area contributed by atoms with Crippen LogP contribution in [0, 0.1) is 0 Å². The lowest BCUT2D eigenvalue weighted by Gasteiger charge is -2.43. The molecule has 0 unspecified atom stereocenters. The topological polar surface area (TPSA) is 40.2 Å². The summed E-state index contributed by atoms with van der Waals surface area (Å²) < 4.78 is 22.6. The second kappa shape index (κ2) is 6.66. The van der Waals surface area contributed by atoms with E-state index < -0.39 is 0 Å². The zero-order valence-corrected chi connectivity index (χ0v) is 16.6. The molecule has 0 fully saturated rings. The van der Waals surface area contributed by atoms with Gasteiger partial charge in [-0.05, 0) is 48.2 Å². The van der Waals surface area contributed by atoms with Gasteiger partial charge in [0.1, 0.15) is 0 Å². The molecule has 0 radical (unpaired) electrons. The van der Waals surface area contributed by atoms with Crippen molar-refractivity contribution in [3.8, 4) is 23.0 Å². The Balaban J connectivity index is 1.71. The maximum absolute atomic E-state index is 5.80. The number of rotatable bonds is 4. The van der Waals surface area contributed by atoms with Crippen LogP contribution in [0.25, 0.3) is 11.8 Å². The van der Waals surface area contributed by atoms with Crippen molar-refractivity contribution in [2.45, 2.75) is 32.2 Å². The number of hydrogen-bond donors (Lipinski definition) is 0. The summed E-state index contributed by atoms with van der Waals surface area (Å²) in [5.74, 6) is 3.34. The quantitative estimate of drug-likeness (QED) is 0.774. The van der Waals surface area contributed by atoms with Gasteiger partial charge in [-0.3, -0.25) is 0 Å². The van der Waals surface area contributed by atoms with Crippen LogP contribution in [0.4, 0.5) is 0 Å². The summed E-state index contributed by atoms with van der Waals surface area (Å²) >= 11 is 0. The minimum absolute atomic E-state index is 0.267. The lowest BCUT2D eigenvalue weighted by molar-refractivity contribution is 0.174. The largest absolute Gasteiger partial charge is 0.493 e. The van der Waals surface area contributed by atoms with E-state index in [0.717, 1.165) is 48.8 Å². The zero-order chi connectivity index (χ0) is 19.3. The highest BCUT2D eigenvalue weighted by atomic mass is 16.7. The van der Waals surface area contributed by atoms with E-state index in [9.17, 15) is 0 Å². The van der Waals surface area contributed by atoms with Gasteiger partial charge < -0.3 is 23.8 Å². The average molecular weight is 379 g/mol. The third kappa shape index (κ3) is 2.45. The zero-order valence-electron chi connectivity index (χ0n) is 16.6. The average Bonchev–Trinajstić information content (AvgIpc) is 3.18. The van der Waals surface area contributed by atoms with Crippen molar-refractivity contribution >= 4 is 11.8 Å². The first-order chi connectivity index (χ1) is 13.7. The lowest BCUT2D eigenvalue weighted by Crippen LogP contribution is -2.35. The molecule has 3 aliphatic rings. The summed E-state index contributed by atoms with van der Waals surface area (Å²) in [5.41, 5.74) is 6.27. The molecule has 3 heterocycles. The molecule has 5 heteroatoms. The molecule has 2 aromatic rings. The Labute approximate surface area is 165 Å². The molecule has 28 heavy (non-hydrogen) atoms. The van der Waals surface area contributed by atoms with E-state index in [1.807, 2.05) is 6.07 Å². The number of ether oxygens (including phenoxy) is 4. The van der Waals surface area contributed by atoms with Crippen LogP contribution in [0.1, 0.15) is 48.1 Å². The Morgan fingerprint density at radius 2 is 1.93 bits per heavy atom. The number of benzene rings is 2. The van der Waals surface area contributed by atoms with E-state index in [1.165, 1.54) is 28.0 Å². The smallest absolute Gasteiger partial charge is 0.231 e. The van der Waals surface area contributed by atoms with Gasteiger partial charge in [-0.2, -0.15) is 0 Å². The normalized spacial score (nSPS) is 18.8. The Morgan fingerprint density at radius 1 is 1.11 bits per heavy atom. The van der Waals surface area contributed by atoms with Gasteiger partial charge in [0.2, 0.25) is 6.79 Å². The predicted molar refractivity (Wildman–Crippen MR) is 108 cm³/mol. The standard InChI is InChI=1S/C23H25NO4/c1-4-5-17-22-15(6-7-19(25-2)23(22)26-3)10-18-16-12-21-20(27-13-28-21)11-14(16)8-9-24(17)18/h6-7,10-12,17H,4-5,8-9,13H2,1-3H3/t17-/m0/s1. The first-order valence-electron chi connectivity index (χ1n) is 9.91. The Morgan fingerprint density at radius 3 is 2.68 bits per heavy atom. The van der Waals surface area contributed by atoms with Crippen molar-refractivity contribution in [2.75, 3.05) is 27.6 Å². The SMILES string of the molecule is CCC[C@H]1c2c(ccc(OC)c2OC)C=C2c3cc4c(cc3CCN21)OCO4. The van der Waals surface area contributed by atoms with E-state index >= 15 is 0 Å². The molecule has 0 saturated carbocycles. The van der Waals surface area contributed by atoms with Crippen molar-refractivity contribution in [3.63, 3.8) is 0 Å². The molecule has 3 aliphatic heterocycles. The molecule has 1 atom stereocenters. The summed E-state index contributed by atoms with van der Waals surface area (Å²) in [5, 5.41) is 0. The maximum Gasteiger partial charge on any atom is 0.231 e. The van der Waals surface area contributed by atoms with Crippen LogP contribution in [-0.2, 0) is 6.42 Å². The van der Waals surface area contributed by atoms with Crippen LogP contribution < -0.4 is 18.9 Å². The maximum atomic E-state index is 5.80. The molecule has 0 aromatic heterocycles. The van der Waals surface area contributed by atoms with Gasteiger partial charge >= 0.3 is 0 Å². The highest BCUT2D eigenvalue weighted by molar-refractivity contribution is 5.88. The van der Waals surface area contributed by atoms with E-state index in [-0.39, 0.29) is 6.04 Å².